The van der Waals surface area contributed by atoms with Crippen molar-refractivity contribution in [1.29, 1.82) is 0 Å². The van der Waals surface area contributed by atoms with E-state index in [9.17, 15) is 4.79 Å². The van der Waals surface area contributed by atoms with Gasteiger partial charge in [-0.05, 0) is 45.7 Å². The summed E-state index contributed by atoms with van der Waals surface area (Å²) in [6.45, 7) is 6.64. The Balaban J connectivity index is 1.57. The molecule has 140 valence electrons. The third-order valence-electron chi connectivity index (χ3n) is 5.33. The molecule has 6 heteroatoms. The van der Waals surface area contributed by atoms with Crippen molar-refractivity contribution in [3.05, 3.63) is 64.8 Å². The van der Waals surface area contributed by atoms with Crippen molar-refractivity contribution in [2.75, 3.05) is 6.54 Å². The Morgan fingerprint density at radius 3 is 2.70 bits per heavy atom. The van der Waals surface area contributed by atoms with Crippen molar-refractivity contribution >= 4 is 5.91 Å². The van der Waals surface area contributed by atoms with E-state index in [1.54, 1.807) is 0 Å². The molecule has 0 aliphatic carbocycles. The molecule has 2 aromatic heterocycles. The Labute approximate surface area is 158 Å². The average Bonchev–Trinajstić information content (AvgIpc) is 3.37. The van der Waals surface area contributed by atoms with Crippen LogP contribution in [0.2, 0.25) is 0 Å². The van der Waals surface area contributed by atoms with Gasteiger partial charge in [0.25, 0.3) is 0 Å². The third-order valence-corrected chi connectivity index (χ3v) is 5.33. The van der Waals surface area contributed by atoms with Crippen molar-refractivity contribution in [3.63, 3.8) is 0 Å². The summed E-state index contributed by atoms with van der Waals surface area (Å²) >= 11 is 0. The molecule has 1 aliphatic heterocycles. The maximum Gasteiger partial charge on any atom is 0.227 e. The summed E-state index contributed by atoms with van der Waals surface area (Å²) in [4.78, 5) is 15.0. The zero-order valence-electron chi connectivity index (χ0n) is 16.0. The predicted molar refractivity (Wildman–Crippen MR) is 102 cm³/mol. The lowest BCUT2D eigenvalue weighted by Gasteiger charge is -2.23. The fraction of sp³-hybridized carbons (Fsp3) is 0.381. The first-order valence-electron chi connectivity index (χ1n) is 9.38. The van der Waals surface area contributed by atoms with E-state index in [1.807, 2.05) is 66.8 Å². The van der Waals surface area contributed by atoms with Gasteiger partial charge in [-0.15, -0.1) is 0 Å². The Hall–Kier alpha value is -2.89. The Morgan fingerprint density at radius 1 is 1.22 bits per heavy atom. The number of amides is 1. The first kappa shape index (κ1) is 17.5. The summed E-state index contributed by atoms with van der Waals surface area (Å²) in [7, 11) is 0. The number of carbonyl (C=O) groups excluding carboxylic acids is 1. The molecule has 1 amide bonds. The molecule has 1 aromatic carbocycles. The summed E-state index contributed by atoms with van der Waals surface area (Å²) in [5.41, 5.74) is 4.78. The van der Waals surface area contributed by atoms with Crippen LogP contribution < -0.4 is 0 Å². The zero-order chi connectivity index (χ0) is 19.0. The second-order valence-electron chi connectivity index (χ2n) is 7.18. The molecular formula is C21H24N4O2. The SMILES string of the molecule is Cc1cc([C@@H]2CCCN2C(=O)Cc2c(C)nn(-c3ccccc3)c2C)no1. The fourth-order valence-corrected chi connectivity index (χ4v) is 3.92. The highest BCUT2D eigenvalue weighted by molar-refractivity contribution is 5.80. The van der Waals surface area contributed by atoms with Crippen molar-refractivity contribution in [3.8, 4) is 5.69 Å². The number of nitrogens with zero attached hydrogens (tertiary/aromatic N) is 4. The lowest BCUT2D eigenvalue weighted by molar-refractivity contribution is -0.131. The molecule has 0 saturated carbocycles. The molecule has 0 unspecified atom stereocenters. The minimum Gasteiger partial charge on any atom is -0.361 e. The standard InChI is InChI=1S/C21H24N4O2/c1-14-12-19(23-27-14)20-10-7-11-24(20)21(26)13-18-15(2)22-25(16(18)3)17-8-5-4-6-9-17/h4-6,8-9,12,20H,7,10-11,13H2,1-3H3/t20-/m0/s1. The van der Waals surface area contributed by atoms with Gasteiger partial charge in [0, 0.05) is 23.9 Å². The molecule has 0 N–H and O–H groups in total. The molecule has 3 heterocycles. The number of aromatic nitrogens is 3. The summed E-state index contributed by atoms with van der Waals surface area (Å²) in [6.07, 6.45) is 2.28. The Bertz CT molecular complexity index is 958. The van der Waals surface area contributed by atoms with E-state index in [1.165, 1.54) is 0 Å². The second kappa shape index (κ2) is 7.02. The number of likely N-dealkylation sites (tertiary alicyclic amines) is 1. The molecule has 27 heavy (non-hydrogen) atoms. The first-order chi connectivity index (χ1) is 13.0. The largest absolute Gasteiger partial charge is 0.361 e. The van der Waals surface area contributed by atoms with Gasteiger partial charge >= 0.3 is 0 Å². The van der Waals surface area contributed by atoms with Crippen LogP contribution in [0.15, 0.2) is 40.9 Å². The number of para-hydroxylation sites is 1. The molecule has 1 atom stereocenters. The smallest absolute Gasteiger partial charge is 0.227 e. The minimum atomic E-state index is 0.0136. The van der Waals surface area contributed by atoms with Gasteiger partial charge in [-0.25, -0.2) is 4.68 Å². The van der Waals surface area contributed by atoms with Crippen molar-refractivity contribution in [2.45, 2.75) is 46.1 Å². The molecular weight excluding hydrogens is 340 g/mol. The lowest BCUT2D eigenvalue weighted by atomic mass is 10.1. The Kier molecular flexibility index (Phi) is 4.56. The maximum absolute atomic E-state index is 13.1. The van der Waals surface area contributed by atoms with Gasteiger partial charge in [0.2, 0.25) is 5.91 Å². The predicted octanol–water partition coefficient (Wildman–Crippen LogP) is 3.69. The molecule has 0 spiro atoms. The summed E-state index contributed by atoms with van der Waals surface area (Å²) in [6, 6.07) is 12.0. The minimum absolute atomic E-state index is 0.0136. The Morgan fingerprint density at radius 2 is 2.00 bits per heavy atom. The topological polar surface area (TPSA) is 64.2 Å². The van der Waals surface area contributed by atoms with Gasteiger partial charge in [0.1, 0.15) is 11.5 Å². The number of carbonyl (C=O) groups is 1. The van der Waals surface area contributed by atoms with Crippen LogP contribution in [0.25, 0.3) is 5.69 Å². The molecule has 1 aliphatic rings. The molecule has 4 rings (SSSR count). The number of hydrogen-bond acceptors (Lipinski definition) is 4. The van der Waals surface area contributed by atoms with Gasteiger partial charge in [-0.1, -0.05) is 23.4 Å². The quantitative estimate of drug-likeness (QED) is 0.708. The highest BCUT2D eigenvalue weighted by atomic mass is 16.5. The third kappa shape index (κ3) is 3.27. The normalized spacial score (nSPS) is 16.9. The van der Waals surface area contributed by atoms with Crippen LogP contribution >= 0.6 is 0 Å². The van der Waals surface area contributed by atoms with Crippen LogP contribution in [0.3, 0.4) is 0 Å². The van der Waals surface area contributed by atoms with Gasteiger partial charge in [0.15, 0.2) is 0 Å². The number of aryl methyl sites for hydroxylation is 2. The highest BCUT2D eigenvalue weighted by Crippen LogP contribution is 2.32. The van der Waals surface area contributed by atoms with E-state index in [-0.39, 0.29) is 11.9 Å². The molecule has 1 fully saturated rings. The molecule has 0 bridgehead atoms. The summed E-state index contributed by atoms with van der Waals surface area (Å²) < 4.78 is 7.13. The first-order valence-corrected chi connectivity index (χ1v) is 9.38. The van der Waals surface area contributed by atoms with Gasteiger partial charge in [0.05, 0.1) is 23.8 Å². The fourth-order valence-electron chi connectivity index (χ4n) is 3.92. The van der Waals surface area contributed by atoms with Gasteiger partial charge in [-0.2, -0.15) is 5.10 Å². The van der Waals surface area contributed by atoms with E-state index in [4.69, 9.17) is 4.52 Å². The van der Waals surface area contributed by atoms with Crippen LogP contribution in [-0.2, 0) is 11.2 Å². The van der Waals surface area contributed by atoms with Crippen LogP contribution in [-0.4, -0.2) is 32.3 Å². The second-order valence-corrected chi connectivity index (χ2v) is 7.18. The van der Waals surface area contributed by atoms with Crippen molar-refractivity contribution < 1.29 is 9.32 Å². The summed E-state index contributed by atoms with van der Waals surface area (Å²) in [5, 5.41) is 8.79. The van der Waals surface area contributed by atoms with Gasteiger partial charge < -0.3 is 9.42 Å². The van der Waals surface area contributed by atoms with E-state index in [2.05, 4.69) is 10.3 Å². The summed E-state index contributed by atoms with van der Waals surface area (Å²) in [5.74, 6) is 0.900. The lowest BCUT2D eigenvalue weighted by Crippen LogP contribution is -2.32. The zero-order valence-corrected chi connectivity index (χ0v) is 16.0. The van der Waals surface area contributed by atoms with Crippen LogP contribution in [0.5, 0.6) is 0 Å². The van der Waals surface area contributed by atoms with E-state index in [0.717, 1.165) is 53.5 Å². The number of hydrogen-bond donors (Lipinski definition) is 0. The van der Waals surface area contributed by atoms with Crippen molar-refractivity contribution in [2.24, 2.45) is 0 Å². The molecule has 3 aromatic rings. The van der Waals surface area contributed by atoms with Crippen molar-refractivity contribution in [1.82, 2.24) is 19.8 Å². The van der Waals surface area contributed by atoms with Gasteiger partial charge in [-0.3, -0.25) is 4.79 Å². The number of benzene rings is 1. The maximum atomic E-state index is 13.1. The molecule has 6 nitrogen and oxygen atoms in total. The van der Waals surface area contributed by atoms with Crippen LogP contribution in [0.4, 0.5) is 0 Å². The van der Waals surface area contributed by atoms with E-state index >= 15 is 0 Å². The van der Waals surface area contributed by atoms with E-state index in [0.29, 0.717) is 6.42 Å². The van der Waals surface area contributed by atoms with E-state index < -0.39 is 0 Å². The molecule has 0 radical (unpaired) electrons. The van der Waals surface area contributed by atoms with Crippen LogP contribution in [0.1, 0.15) is 47.3 Å². The molecule has 1 saturated heterocycles. The number of rotatable bonds is 4. The van der Waals surface area contributed by atoms with Crippen LogP contribution in [0, 0.1) is 20.8 Å². The highest BCUT2D eigenvalue weighted by Gasteiger charge is 2.32. The monoisotopic (exact) mass is 364 g/mol. The average molecular weight is 364 g/mol.